The molecule has 5 rings (SSSR count). The molecule has 0 unspecified atom stereocenters. The molecule has 2 atom stereocenters. The van der Waals surface area contributed by atoms with Gasteiger partial charge in [-0.25, -0.2) is 0 Å². The van der Waals surface area contributed by atoms with Gasteiger partial charge in [-0.3, -0.25) is 9.69 Å². The first-order chi connectivity index (χ1) is 13.2. The van der Waals surface area contributed by atoms with Crippen molar-refractivity contribution in [2.45, 2.75) is 32.0 Å². The molecule has 2 aliphatic rings. The summed E-state index contributed by atoms with van der Waals surface area (Å²) in [5.41, 5.74) is 2.18. The Hall–Kier alpha value is -2.57. The van der Waals surface area contributed by atoms with Crippen molar-refractivity contribution in [3.63, 3.8) is 0 Å². The Kier molecular flexibility index (Phi) is 4.02. The van der Waals surface area contributed by atoms with Crippen molar-refractivity contribution in [3.8, 4) is 11.3 Å². The minimum Gasteiger partial charge on any atom is -0.464 e. The number of nitrogens with zero attached hydrogens (tertiary/aromatic N) is 2. The molecule has 5 heterocycles. The lowest BCUT2D eigenvalue weighted by Crippen LogP contribution is -2.46. The fourth-order valence-electron chi connectivity index (χ4n) is 4.70. The van der Waals surface area contributed by atoms with E-state index in [1.165, 1.54) is 0 Å². The van der Waals surface area contributed by atoms with Crippen molar-refractivity contribution in [1.82, 2.24) is 9.47 Å². The average Bonchev–Trinajstić information content (AvgIpc) is 3.34. The van der Waals surface area contributed by atoms with Crippen molar-refractivity contribution in [1.29, 1.82) is 0 Å². The molecule has 27 heavy (non-hydrogen) atoms. The normalized spacial score (nSPS) is 22.0. The van der Waals surface area contributed by atoms with Crippen LogP contribution < -0.4 is 5.56 Å². The van der Waals surface area contributed by atoms with Gasteiger partial charge in [0.2, 0.25) is 0 Å². The SMILES string of the molecule is O=c1ccc(-c2ccco2)c2n1C[C@H]1C[C@H]2CN(Cc2ccc(CO)o2)C1. The highest BCUT2D eigenvalue weighted by Gasteiger charge is 2.36. The highest BCUT2D eigenvalue weighted by atomic mass is 16.4. The van der Waals surface area contributed by atoms with Crippen LogP contribution in [0.4, 0.5) is 0 Å². The molecule has 2 aliphatic heterocycles. The molecule has 1 fully saturated rings. The largest absolute Gasteiger partial charge is 0.464 e. The van der Waals surface area contributed by atoms with Gasteiger partial charge in [0.05, 0.1) is 12.8 Å². The number of aliphatic hydroxyl groups excluding tert-OH is 1. The molecule has 0 saturated carbocycles. The second-order valence-corrected chi connectivity index (χ2v) is 7.58. The van der Waals surface area contributed by atoms with Crippen LogP contribution in [0.1, 0.15) is 29.6 Å². The number of hydrogen-bond acceptors (Lipinski definition) is 5. The third-order valence-corrected chi connectivity index (χ3v) is 5.70. The summed E-state index contributed by atoms with van der Waals surface area (Å²) in [6.45, 7) is 3.22. The molecule has 1 N–H and O–H groups in total. The molecule has 3 aromatic rings. The number of pyridine rings is 1. The zero-order valence-electron chi connectivity index (χ0n) is 15.0. The van der Waals surface area contributed by atoms with Crippen molar-refractivity contribution < 1.29 is 13.9 Å². The van der Waals surface area contributed by atoms with Gasteiger partial charge in [-0.1, -0.05) is 0 Å². The van der Waals surface area contributed by atoms with E-state index >= 15 is 0 Å². The van der Waals surface area contributed by atoms with E-state index < -0.39 is 0 Å². The third-order valence-electron chi connectivity index (χ3n) is 5.70. The van der Waals surface area contributed by atoms with Gasteiger partial charge >= 0.3 is 0 Å². The number of aromatic nitrogens is 1. The van der Waals surface area contributed by atoms with Crippen LogP contribution in [0.25, 0.3) is 11.3 Å². The fourth-order valence-corrected chi connectivity index (χ4v) is 4.70. The first-order valence-corrected chi connectivity index (χ1v) is 9.39. The van der Waals surface area contributed by atoms with Crippen LogP contribution in [-0.2, 0) is 19.7 Å². The predicted octanol–water partition coefficient (Wildman–Crippen LogP) is 2.81. The fraction of sp³-hybridized carbons (Fsp3) is 0.381. The number of furan rings is 2. The molecule has 1 saturated heterocycles. The van der Waals surface area contributed by atoms with Gasteiger partial charge in [-0.15, -0.1) is 0 Å². The van der Waals surface area contributed by atoms with E-state index in [0.29, 0.717) is 17.6 Å². The summed E-state index contributed by atoms with van der Waals surface area (Å²) in [5.74, 6) is 3.02. The van der Waals surface area contributed by atoms with Gasteiger partial charge in [0.1, 0.15) is 23.9 Å². The van der Waals surface area contributed by atoms with Crippen LogP contribution in [0.2, 0.25) is 0 Å². The van der Waals surface area contributed by atoms with E-state index in [2.05, 4.69) is 4.90 Å². The van der Waals surface area contributed by atoms with Crippen LogP contribution in [0.3, 0.4) is 0 Å². The van der Waals surface area contributed by atoms with Crippen LogP contribution in [-0.4, -0.2) is 27.7 Å². The van der Waals surface area contributed by atoms with Gasteiger partial charge in [0, 0.05) is 42.9 Å². The van der Waals surface area contributed by atoms with E-state index in [1.54, 1.807) is 12.3 Å². The number of likely N-dealkylation sites (tertiary alicyclic amines) is 1. The molecule has 6 heteroatoms. The van der Waals surface area contributed by atoms with E-state index in [0.717, 1.165) is 55.4 Å². The highest BCUT2D eigenvalue weighted by Crippen LogP contribution is 2.40. The Morgan fingerprint density at radius 1 is 1.07 bits per heavy atom. The van der Waals surface area contributed by atoms with Crippen LogP contribution >= 0.6 is 0 Å². The second kappa shape index (κ2) is 6.55. The Labute approximate surface area is 156 Å². The predicted molar refractivity (Wildman–Crippen MR) is 99.2 cm³/mol. The molecular weight excluding hydrogens is 344 g/mol. The first-order valence-electron chi connectivity index (χ1n) is 9.39. The molecule has 0 aromatic carbocycles. The standard InChI is InChI=1S/C21H22N2O4/c24-13-17-4-3-16(27-17)12-22-9-14-8-15(11-22)21-18(19-2-1-7-26-19)5-6-20(25)23(21)10-14/h1-7,14-15,24H,8-13H2/t14-,15-/m0/s1. The minimum absolute atomic E-state index is 0.0714. The average molecular weight is 366 g/mol. The van der Waals surface area contributed by atoms with Crippen molar-refractivity contribution in [2.24, 2.45) is 5.92 Å². The lowest BCUT2D eigenvalue weighted by atomic mass is 9.81. The van der Waals surface area contributed by atoms with Gasteiger partial charge in [0.15, 0.2) is 0 Å². The van der Waals surface area contributed by atoms with E-state index in [4.69, 9.17) is 8.83 Å². The Morgan fingerprint density at radius 3 is 2.74 bits per heavy atom. The van der Waals surface area contributed by atoms with Crippen molar-refractivity contribution >= 4 is 0 Å². The zero-order valence-corrected chi connectivity index (χ0v) is 15.0. The summed E-state index contributed by atoms with van der Waals surface area (Å²) < 4.78 is 13.2. The van der Waals surface area contributed by atoms with Gasteiger partial charge < -0.3 is 18.5 Å². The van der Waals surface area contributed by atoms with E-state index in [-0.39, 0.29) is 12.2 Å². The Morgan fingerprint density at radius 2 is 1.96 bits per heavy atom. The van der Waals surface area contributed by atoms with Gasteiger partial charge in [0.25, 0.3) is 5.56 Å². The van der Waals surface area contributed by atoms with Crippen molar-refractivity contribution in [3.05, 3.63) is 70.2 Å². The number of aliphatic hydroxyl groups is 1. The zero-order chi connectivity index (χ0) is 18.4. The molecule has 0 radical (unpaired) electrons. The summed E-state index contributed by atoms with van der Waals surface area (Å²) in [4.78, 5) is 14.9. The smallest absolute Gasteiger partial charge is 0.250 e. The van der Waals surface area contributed by atoms with Gasteiger partial charge in [-0.05, 0) is 42.7 Å². The number of fused-ring (bicyclic) bond motifs is 4. The number of piperidine rings is 1. The third kappa shape index (κ3) is 2.95. The summed E-state index contributed by atoms with van der Waals surface area (Å²) in [5, 5.41) is 9.20. The topological polar surface area (TPSA) is 71.8 Å². The van der Waals surface area contributed by atoms with Crippen LogP contribution in [0.15, 0.2) is 56.3 Å². The van der Waals surface area contributed by atoms with E-state index in [9.17, 15) is 9.90 Å². The lowest BCUT2D eigenvalue weighted by molar-refractivity contribution is 0.106. The van der Waals surface area contributed by atoms with Crippen LogP contribution in [0.5, 0.6) is 0 Å². The summed E-state index contributed by atoms with van der Waals surface area (Å²) in [7, 11) is 0. The Balaban J connectivity index is 1.47. The number of rotatable bonds is 4. The molecule has 0 amide bonds. The first kappa shape index (κ1) is 16.6. The molecule has 140 valence electrons. The monoisotopic (exact) mass is 366 g/mol. The quantitative estimate of drug-likeness (QED) is 0.769. The molecule has 0 aliphatic carbocycles. The van der Waals surface area contributed by atoms with Gasteiger partial charge in [-0.2, -0.15) is 0 Å². The molecule has 0 spiro atoms. The maximum atomic E-state index is 12.5. The lowest BCUT2D eigenvalue weighted by Gasteiger charge is -2.43. The van der Waals surface area contributed by atoms with Crippen molar-refractivity contribution in [2.75, 3.05) is 13.1 Å². The summed E-state index contributed by atoms with van der Waals surface area (Å²) >= 11 is 0. The Bertz CT molecular complexity index is 1000. The summed E-state index contributed by atoms with van der Waals surface area (Å²) in [6.07, 6.45) is 2.76. The molecule has 6 nitrogen and oxygen atoms in total. The molecule has 3 aromatic heterocycles. The maximum absolute atomic E-state index is 12.5. The molecular formula is C21H22N2O4. The number of hydrogen-bond donors (Lipinski definition) is 1. The highest BCUT2D eigenvalue weighted by molar-refractivity contribution is 5.61. The van der Waals surface area contributed by atoms with Crippen LogP contribution in [0, 0.1) is 5.92 Å². The minimum atomic E-state index is -0.0753. The maximum Gasteiger partial charge on any atom is 0.250 e. The van der Waals surface area contributed by atoms with E-state index in [1.807, 2.05) is 34.9 Å². The second-order valence-electron chi connectivity index (χ2n) is 7.58. The molecule has 2 bridgehead atoms. The summed E-state index contributed by atoms with van der Waals surface area (Å²) in [6, 6.07) is 11.1.